The van der Waals surface area contributed by atoms with E-state index in [1.807, 2.05) is 17.9 Å². The largest absolute Gasteiger partial charge is 0.382 e. The van der Waals surface area contributed by atoms with Crippen LogP contribution >= 0.6 is 0 Å². The van der Waals surface area contributed by atoms with Crippen LogP contribution in [0.4, 0.5) is 0 Å². The van der Waals surface area contributed by atoms with Crippen LogP contribution in [0, 0.1) is 0 Å². The number of nitrogens with zero attached hydrogens (tertiary/aromatic N) is 1. The van der Waals surface area contributed by atoms with Gasteiger partial charge < -0.3 is 19.7 Å². The number of carbonyl (C=O) groups is 2. The van der Waals surface area contributed by atoms with E-state index in [1.54, 1.807) is 7.11 Å². The monoisotopic (exact) mass is 454 g/mol. The highest BCUT2D eigenvalue weighted by atomic mass is 16.5. The van der Waals surface area contributed by atoms with E-state index in [1.165, 1.54) is 24.0 Å². The fourth-order valence-electron chi connectivity index (χ4n) is 5.88. The molecule has 6 heteroatoms. The van der Waals surface area contributed by atoms with Crippen LogP contribution in [0.5, 0.6) is 0 Å². The Labute approximate surface area is 197 Å². The van der Waals surface area contributed by atoms with Crippen molar-refractivity contribution in [1.82, 2.24) is 10.2 Å². The molecular formula is C27H38N2O4. The van der Waals surface area contributed by atoms with Crippen molar-refractivity contribution in [2.75, 3.05) is 33.4 Å². The molecule has 0 radical (unpaired) electrons. The van der Waals surface area contributed by atoms with Crippen molar-refractivity contribution in [3.05, 3.63) is 47.0 Å². The second-order valence-corrected chi connectivity index (χ2v) is 9.59. The number of hydrogen-bond acceptors (Lipinski definition) is 4. The summed E-state index contributed by atoms with van der Waals surface area (Å²) in [6.45, 7) is 4.31. The van der Waals surface area contributed by atoms with Gasteiger partial charge >= 0.3 is 0 Å². The summed E-state index contributed by atoms with van der Waals surface area (Å²) in [7, 11) is 1.67. The molecule has 4 rings (SSSR count). The summed E-state index contributed by atoms with van der Waals surface area (Å²) >= 11 is 0. The second kappa shape index (κ2) is 10.8. The van der Waals surface area contributed by atoms with Gasteiger partial charge in [0.25, 0.3) is 0 Å². The topological polar surface area (TPSA) is 67.9 Å². The van der Waals surface area contributed by atoms with Crippen LogP contribution in [0.15, 0.2) is 35.9 Å². The zero-order valence-electron chi connectivity index (χ0n) is 20.1. The van der Waals surface area contributed by atoms with Gasteiger partial charge in [-0.3, -0.25) is 9.59 Å². The minimum atomic E-state index is -0.211. The predicted molar refractivity (Wildman–Crippen MR) is 128 cm³/mol. The molecule has 1 aromatic carbocycles. The Kier molecular flexibility index (Phi) is 7.86. The van der Waals surface area contributed by atoms with Crippen LogP contribution in [0.2, 0.25) is 0 Å². The number of carbonyl (C=O) groups excluding carboxylic acids is 2. The number of ether oxygens (including phenoxy) is 2. The maximum Gasteiger partial charge on any atom is 0.226 e. The van der Waals surface area contributed by atoms with Crippen molar-refractivity contribution in [2.24, 2.45) is 0 Å². The van der Waals surface area contributed by atoms with Crippen LogP contribution in [0.25, 0.3) is 0 Å². The minimum absolute atomic E-state index is 0.0283. The van der Waals surface area contributed by atoms with E-state index < -0.39 is 0 Å². The predicted octanol–water partition coefficient (Wildman–Crippen LogP) is 4.05. The molecule has 1 aliphatic heterocycles. The second-order valence-electron chi connectivity index (χ2n) is 9.59. The molecule has 2 amide bonds. The summed E-state index contributed by atoms with van der Waals surface area (Å²) < 4.78 is 11.7. The summed E-state index contributed by atoms with van der Waals surface area (Å²) in [5.74, 6) is 0.275. The van der Waals surface area contributed by atoms with Gasteiger partial charge in [-0.25, -0.2) is 0 Å². The lowest BCUT2D eigenvalue weighted by molar-refractivity contribution is -0.133. The van der Waals surface area contributed by atoms with E-state index in [9.17, 15) is 9.59 Å². The zero-order valence-corrected chi connectivity index (χ0v) is 20.1. The third-order valence-corrected chi connectivity index (χ3v) is 7.67. The Morgan fingerprint density at radius 2 is 1.94 bits per heavy atom. The lowest BCUT2D eigenvalue weighted by Gasteiger charge is -2.44. The molecule has 33 heavy (non-hydrogen) atoms. The molecule has 3 aliphatic rings. The van der Waals surface area contributed by atoms with Gasteiger partial charge in [-0.15, -0.1) is 0 Å². The third kappa shape index (κ3) is 5.02. The highest BCUT2D eigenvalue weighted by Gasteiger charge is 2.54. The molecule has 1 N–H and O–H groups in total. The summed E-state index contributed by atoms with van der Waals surface area (Å²) in [5.41, 5.74) is 3.50. The maximum atomic E-state index is 13.0. The Morgan fingerprint density at radius 3 is 2.64 bits per heavy atom. The van der Waals surface area contributed by atoms with E-state index >= 15 is 0 Å². The van der Waals surface area contributed by atoms with E-state index in [0.717, 1.165) is 44.3 Å². The fourth-order valence-corrected chi connectivity index (χ4v) is 5.88. The molecule has 1 spiro atoms. The van der Waals surface area contributed by atoms with Crippen molar-refractivity contribution >= 4 is 11.8 Å². The number of rotatable bonds is 8. The number of amides is 2. The van der Waals surface area contributed by atoms with Crippen LogP contribution in [0.1, 0.15) is 75.5 Å². The van der Waals surface area contributed by atoms with E-state index in [0.29, 0.717) is 26.1 Å². The normalized spacial score (nSPS) is 23.8. The minimum Gasteiger partial charge on any atom is -0.382 e. The highest BCUT2D eigenvalue weighted by molar-refractivity contribution is 5.79. The first kappa shape index (κ1) is 24.0. The molecule has 0 saturated carbocycles. The zero-order chi connectivity index (χ0) is 23.3. The molecule has 1 fully saturated rings. The SMILES string of the molecule is CCC(=O)N[C@@H]1c2ccccc2C2(CCN(C(=O)CC3=CCCCC3)CC2)[C@H]1OCCOC. The van der Waals surface area contributed by atoms with Gasteiger partial charge in [-0.05, 0) is 49.7 Å². The van der Waals surface area contributed by atoms with Crippen LogP contribution in [-0.4, -0.2) is 56.2 Å². The van der Waals surface area contributed by atoms with Crippen LogP contribution in [-0.2, 0) is 24.5 Å². The molecule has 2 atom stereocenters. The van der Waals surface area contributed by atoms with Gasteiger partial charge in [0.15, 0.2) is 0 Å². The van der Waals surface area contributed by atoms with Gasteiger partial charge in [0.2, 0.25) is 11.8 Å². The highest BCUT2D eigenvalue weighted by Crippen LogP contribution is 2.52. The van der Waals surface area contributed by atoms with Gasteiger partial charge in [-0.2, -0.15) is 0 Å². The van der Waals surface area contributed by atoms with Crippen molar-refractivity contribution in [1.29, 1.82) is 0 Å². The van der Waals surface area contributed by atoms with Gasteiger partial charge in [-0.1, -0.05) is 42.8 Å². The molecular weight excluding hydrogens is 416 g/mol. The molecule has 2 aliphatic carbocycles. The molecule has 0 unspecified atom stereocenters. The lowest BCUT2D eigenvalue weighted by atomic mass is 9.71. The summed E-state index contributed by atoms with van der Waals surface area (Å²) in [5, 5.41) is 3.23. The van der Waals surface area contributed by atoms with Crippen LogP contribution < -0.4 is 5.32 Å². The van der Waals surface area contributed by atoms with Crippen molar-refractivity contribution < 1.29 is 19.1 Å². The molecule has 0 aromatic heterocycles. The first-order valence-electron chi connectivity index (χ1n) is 12.5. The molecule has 0 bridgehead atoms. The van der Waals surface area contributed by atoms with E-state index in [4.69, 9.17) is 9.47 Å². The maximum absolute atomic E-state index is 13.0. The number of fused-ring (bicyclic) bond motifs is 2. The van der Waals surface area contributed by atoms with Crippen molar-refractivity contribution in [3.8, 4) is 0 Å². The molecule has 1 aromatic rings. The third-order valence-electron chi connectivity index (χ3n) is 7.67. The van der Waals surface area contributed by atoms with Gasteiger partial charge in [0, 0.05) is 38.5 Å². The first-order chi connectivity index (χ1) is 16.1. The number of nitrogens with one attached hydrogen (secondary N) is 1. The quantitative estimate of drug-likeness (QED) is 0.475. The Morgan fingerprint density at radius 1 is 1.15 bits per heavy atom. The Bertz CT molecular complexity index is 873. The number of hydrogen-bond donors (Lipinski definition) is 1. The number of methoxy groups -OCH3 is 1. The van der Waals surface area contributed by atoms with Crippen molar-refractivity contribution in [3.63, 3.8) is 0 Å². The Balaban J connectivity index is 1.54. The molecule has 180 valence electrons. The summed E-state index contributed by atoms with van der Waals surface area (Å²) in [6.07, 6.45) is 9.38. The summed E-state index contributed by atoms with van der Waals surface area (Å²) in [4.78, 5) is 27.5. The van der Waals surface area contributed by atoms with Crippen molar-refractivity contribution in [2.45, 2.75) is 75.9 Å². The number of allylic oxidation sites excluding steroid dienone is 1. The number of benzene rings is 1. The van der Waals surface area contributed by atoms with E-state index in [-0.39, 0.29) is 29.4 Å². The first-order valence-corrected chi connectivity index (χ1v) is 12.5. The summed E-state index contributed by atoms with van der Waals surface area (Å²) in [6, 6.07) is 8.23. The average Bonchev–Trinajstić information content (AvgIpc) is 3.09. The Hall–Kier alpha value is -2.18. The molecule has 1 saturated heterocycles. The molecule has 6 nitrogen and oxygen atoms in total. The average molecular weight is 455 g/mol. The fraction of sp³-hybridized carbons (Fsp3) is 0.630. The van der Waals surface area contributed by atoms with Gasteiger partial charge in [0.05, 0.1) is 25.4 Å². The van der Waals surface area contributed by atoms with Gasteiger partial charge in [0.1, 0.15) is 0 Å². The smallest absolute Gasteiger partial charge is 0.226 e. The standard InChI is InChI=1S/C27H38N2O4/c1-3-23(30)28-25-21-11-7-8-12-22(21)27(26(25)33-18-17-32-2)13-15-29(16-14-27)24(31)19-20-9-5-4-6-10-20/h7-9,11-12,25-26H,3-6,10,13-19H2,1-2H3,(H,28,30)/t25-,26+/m1/s1. The lowest BCUT2D eigenvalue weighted by Crippen LogP contribution is -2.52. The molecule has 1 heterocycles. The number of piperidine rings is 1. The van der Waals surface area contributed by atoms with Crippen LogP contribution in [0.3, 0.4) is 0 Å². The van der Waals surface area contributed by atoms with E-state index in [2.05, 4.69) is 29.6 Å². The number of likely N-dealkylation sites (tertiary alicyclic amines) is 1.